The van der Waals surface area contributed by atoms with E-state index in [2.05, 4.69) is 156 Å². The molecule has 0 bridgehead atoms. The Morgan fingerprint density at radius 1 is 0.405 bits per heavy atom. The third kappa shape index (κ3) is 3.33. The first kappa shape index (κ1) is 23.1. The molecule has 2 aromatic heterocycles. The number of aromatic nitrogens is 1. The van der Waals surface area contributed by atoms with Gasteiger partial charge in [-0.1, -0.05) is 133 Å². The molecule has 42 heavy (non-hydrogen) atoms. The van der Waals surface area contributed by atoms with Crippen LogP contribution in [0.1, 0.15) is 0 Å². The van der Waals surface area contributed by atoms with Crippen molar-refractivity contribution in [2.45, 2.75) is 0 Å². The quantitative estimate of drug-likeness (QED) is 0.215. The number of nitrogens with zero attached hydrogens (tertiary/aromatic N) is 1. The van der Waals surface area contributed by atoms with Gasteiger partial charge in [0, 0.05) is 27.1 Å². The molecule has 0 N–H and O–H groups in total. The Hall–Kier alpha value is -5.60. The molecular formula is C40H25NO. The SMILES string of the molecule is c1ccc(-c2ccc(-c3cccc4c3oc3ccccc3n3c5ccc6ccccc6c5c5cccc4c53)cc2)cc1. The Kier molecular flexibility index (Phi) is 4.93. The van der Waals surface area contributed by atoms with Crippen molar-refractivity contribution in [2.75, 3.05) is 0 Å². The maximum absolute atomic E-state index is 6.96. The third-order valence-corrected chi connectivity index (χ3v) is 8.60. The molecule has 0 aliphatic heterocycles. The molecule has 0 unspecified atom stereocenters. The predicted molar refractivity (Wildman–Crippen MR) is 177 cm³/mol. The van der Waals surface area contributed by atoms with Gasteiger partial charge in [0.25, 0.3) is 0 Å². The molecule has 0 radical (unpaired) electrons. The van der Waals surface area contributed by atoms with Gasteiger partial charge in [-0.3, -0.25) is 0 Å². The monoisotopic (exact) mass is 535 g/mol. The van der Waals surface area contributed by atoms with Crippen molar-refractivity contribution in [3.05, 3.63) is 152 Å². The Bertz CT molecular complexity index is 2500. The van der Waals surface area contributed by atoms with Gasteiger partial charge in [-0.05, 0) is 45.7 Å². The van der Waals surface area contributed by atoms with Crippen LogP contribution < -0.4 is 0 Å². The van der Waals surface area contributed by atoms with Crippen molar-refractivity contribution >= 4 is 60.0 Å². The molecule has 2 heteroatoms. The summed E-state index contributed by atoms with van der Waals surface area (Å²) in [7, 11) is 0. The average molecular weight is 536 g/mol. The fourth-order valence-electron chi connectivity index (χ4n) is 6.70. The highest BCUT2D eigenvalue weighted by Gasteiger charge is 2.17. The number of benzene rings is 7. The number of hydrogen-bond acceptors (Lipinski definition) is 1. The first-order valence-corrected chi connectivity index (χ1v) is 14.4. The predicted octanol–water partition coefficient (Wildman–Crippen LogP) is 11.2. The van der Waals surface area contributed by atoms with Crippen LogP contribution in [0.5, 0.6) is 0 Å². The van der Waals surface area contributed by atoms with Crippen LogP contribution in [0.4, 0.5) is 0 Å². The van der Waals surface area contributed by atoms with Crippen molar-refractivity contribution in [3.8, 4) is 22.3 Å². The highest BCUT2D eigenvalue weighted by atomic mass is 16.3. The van der Waals surface area contributed by atoms with Crippen molar-refractivity contribution in [1.29, 1.82) is 0 Å². The molecule has 0 saturated heterocycles. The van der Waals surface area contributed by atoms with Crippen LogP contribution in [-0.2, 0) is 0 Å². The topological polar surface area (TPSA) is 17.6 Å². The Morgan fingerprint density at radius 3 is 1.98 bits per heavy atom. The molecule has 0 atom stereocenters. The van der Waals surface area contributed by atoms with Crippen LogP contribution in [-0.4, -0.2) is 4.40 Å². The molecule has 0 aliphatic carbocycles. The van der Waals surface area contributed by atoms with Crippen molar-refractivity contribution in [2.24, 2.45) is 0 Å². The third-order valence-electron chi connectivity index (χ3n) is 8.60. The van der Waals surface area contributed by atoms with E-state index in [0.717, 1.165) is 33.2 Å². The lowest BCUT2D eigenvalue weighted by atomic mass is 9.98. The summed E-state index contributed by atoms with van der Waals surface area (Å²) in [6.45, 7) is 0. The minimum atomic E-state index is 0.841. The average Bonchev–Trinajstić information content (AvgIpc) is 3.40. The van der Waals surface area contributed by atoms with E-state index >= 15 is 0 Å². The van der Waals surface area contributed by atoms with E-state index in [1.807, 2.05) is 0 Å². The molecule has 9 aromatic rings. The summed E-state index contributed by atoms with van der Waals surface area (Å²) in [6.07, 6.45) is 0. The molecule has 196 valence electrons. The van der Waals surface area contributed by atoms with Gasteiger partial charge >= 0.3 is 0 Å². The van der Waals surface area contributed by atoms with Crippen LogP contribution in [0.3, 0.4) is 0 Å². The van der Waals surface area contributed by atoms with Gasteiger partial charge in [-0.2, -0.15) is 0 Å². The van der Waals surface area contributed by atoms with Gasteiger partial charge < -0.3 is 8.82 Å². The first-order valence-electron chi connectivity index (χ1n) is 14.4. The summed E-state index contributed by atoms with van der Waals surface area (Å²) in [4.78, 5) is 0. The molecule has 0 amide bonds. The Balaban J connectivity index is 1.44. The van der Waals surface area contributed by atoms with E-state index in [4.69, 9.17) is 4.42 Å². The number of rotatable bonds is 2. The second-order valence-electron chi connectivity index (χ2n) is 10.9. The van der Waals surface area contributed by atoms with Gasteiger partial charge in [0.05, 0.1) is 16.6 Å². The lowest BCUT2D eigenvalue weighted by molar-refractivity contribution is 0.662. The fourth-order valence-corrected chi connectivity index (χ4v) is 6.70. The maximum Gasteiger partial charge on any atom is 0.151 e. The summed E-state index contributed by atoms with van der Waals surface area (Å²) in [5.74, 6) is 0. The minimum Gasteiger partial charge on any atom is -0.454 e. The first-order chi connectivity index (χ1) is 20.8. The Labute approximate surface area is 242 Å². The lowest BCUT2D eigenvalue weighted by Crippen LogP contribution is -1.89. The van der Waals surface area contributed by atoms with E-state index in [-0.39, 0.29) is 0 Å². The minimum absolute atomic E-state index is 0.841. The van der Waals surface area contributed by atoms with Gasteiger partial charge in [0.15, 0.2) is 5.58 Å². The molecule has 2 heterocycles. The van der Waals surface area contributed by atoms with Crippen molar-refractivity contribution in [3.63, 3.8) is 0 Å². The van der Waals surface area contributed by atoms with E-state index in [0.29, 0.717) is 0 Å². The van der Waals surface area contributed by atoms with Gasteiger partial charge in [-0.15, -0.1) is 0 Å². The smallest absolute Gasteiger partial charge is 0.151 e. The van der Waals surface area contributed by atoms with Crippen LogP contribution in [0.25, 0.3) is 82.3 Å². The molecule has 9 rings (SSSR count). The van der Waals surface area contributed by atoms with Crippen LogP contribution >= 0.6 is 0 Å². The molecule has 0 aliphatic rings. The van der Waals surface area contributed by atoms with Gasteiger partial charge in [-0.25, -0.2) is 0 Å². The fraction of sp³-hybridized carbons (Fsp3) is 0. The normalized spacial score (nSPS) is 11.8. The van der Waals surface area contributed by atoms with Gasteiger partial charge in [0.2, 0.25) is 0 Å². The van der Waals surface area contributed by atoms with E-state index in [1.54, 1.807) is 0 Å². The van der Waals surface area contributed by atoms with Crippen LogP contribution in [0.2, 0.25) is 0 Å². The molecule has 7 aromatic carbocycles. The highest BCUT2D eigenvalue weighted by Crippen LogP contribution is 2.41. The largest absolute Gasteiger partial charge is 0.454 e. The standard InChI is InChI=1S/C40H25NO/c1-2-10-26(11-3-1)27-20-22-29(23-21-27)31-14-8-16-33-32-15-9-17-34-38-30-13-5-4-12-28(30)24-25-36(38)41(39(32)34)35-18-6-7-19-37(35)42-40(31)33/h1-25H. The van der Waals surface area contributed by atoms with Gasteiger partial charge in [0.1, 0.15) is 5.58 Å². The molecular weight excluding hydrogens is 510 g/mol. The summed E-state index contributed by atoms with van der Waals surface area (Å²) < 4.78 is 9.35. The molecule has 2 nitrogen and oxygen atoms in total. The molecule has 0 fully saturated rings. The van der Waals surface area contributed by atoms with E-state index < -0.39 is 0 Å². The second-order valence-corrected chi connectivity index (χ2v) is 10.9. The maximum atomic E-state index is 6.96. The summed E-state index contributed by atoms with van der Waals surface area (Å²) in [5, 5.41) is 7.29. The van der Waals surface area contributed by atoms with E-state index in [9.17, 15) is 0 Å². The number of para-hydroxylation sites is 4. The molecule has 0 spiro atoms. The zero-order chi connectivity index (χ0) is 27.6. The zero-order valence-corrected chi connectivity index (χ0v) is 22.8. The summed E-state index contributed by atoms with van der Waals surface area (Å²) in [6, 6.07) is 54.1. The van der Waals surface area contributed by atoms with Crippen LogP contribution in [0, 0.1) is 0 Å². The number of hydrogen-bond donors (Lipinski definition) is 0. The summed E-state index contributed by atoms with van der Waals surface area (Å²) >= 11 is 0. The van der Waals surface area contributed by atoms with Crippen molar-refractivity contribution < 1.29 is 4.42 Å². The molecule has 0 saturated carbocycles. The lowest BCUT2D eigenvalue weighted by Gasteiger charge is -2.11. The second kappa shape index (κ2) is 8.95. The van der Waals surface area contributed by atoms with Crippen molar-refractivity contribution in [1.82, 2.24) is 4.40 Å². The zero-order valence-electron chi connectivity index (χ0n) is 22.8. The van der Waals surface area contributed by atoms with Crippen LogP contribution in [0.15, 0.2) is 156 Å². The summed E-state index contributed by atoms with van der Waals surface area (Å²) in [5.41, 5.74) is 9.77. The number of fused-ring (bicyclic) bond motifs is 9. The highest BCUT2D eigenvalue weighted by molar-refractivity contribution is 6.26. The van der Waals surface area contributed by atoms with E-state index in [1.165, 1.54) is 49.1 Å². The Morgan fingerprint density at radius 2 is 1.07 bits per heavy atom.